The second-order valence-corrected chi connectivity index (χ2v) is 6.14. The fourth-order valence-corrected chi connectivity index (χ4v) is 2.79. The molecule has 0 bridgehead atoms. The van der Waals surface area contributed by atoms with E-state index in [-0.39, 0.29) is 11.8 Å². The highest BCUT2D eigenvalue weighted by molar-refractivity contribution is 5.92. The van der Waals surface area contributed by atoms with E-state index in [4.69, 9.17) is 5.73 Å². The number of nitrogens with two attached hydrogens (primary N) is 1. The highest BCUT2D eigenvalue weighted by Gasteiger charge is 2.16. The molecular formula is C18H30N2O. The number of benzene rings is 1. The van der Waals surface area contributed by atoms with Gasteiger partial charge >= 0.3 is 0 Å². The topological polar surface area (TPSA) is 55.1 Å². The molecule has 0 aliphatic carbocycles. The minimum absolute atomic E-state index is 0.0849. The van der Waals surface area contributed by atoms with Crippen LogP contribution in [0.2, 0.25) is 0 Å². The van der Waals surface area contributed by atoms with E-state index in [1.54, 1.807) is 0 Å². The first-order valence-corrected chi connectivity index (χ1v) is 8.12. The molecule has 1 rings (SSSR count). The van der Waals surface area contributed by atoms with Gasteiger partial charge in [0, 0.05) is 12.1 Å². The summed E-state index contributed by atoms with van der Waals surface area (Å²) in [7, 11) is 0. The highest BCUT2D eigenvalue weighted by Crippen LogP contribution is 2.23. The number of rotatable bonds is 8. The molecule has 118 valence electrons. The molecular weight excluding hydrogens is 260 g/mol. The van der Waals surface area contributed by atoms with Crippen LogP contribution in [-0.2, 0) is 17.6 Å². The molecule has 0 spiro atoms. The lowest BCUT2D eigenvalue weighted by molar-refractivity contribution is -0.117. The van der Waals surface area contributed by atoms with Crippen LogP contribution in [-0.4, -0.2) is 12.5 Å². The van der Waals surface area contributed by atoms with Crippen molar-refractivity contribution in [2.45, 2.75) is 53.4 Å². The number of aryl methyl sites for hydroxylation is 2. The van der Waals surface area contributed by atoms with Crippen molar-refractivity contribution in [2.75, 3.05) is 11.9 Å². The van der Waals surface area contributed by atoms with E-state index in [1.807, 2.05) is 0 Å². The Morgan fingerprint density at radius 3 is 2.19 bits per heavy atom. The Labute approximate surface area is 129 Å². The largest absolute Gasteiger partial charge is 0.330 e. The van der Waals surface area contributed by atoms with E-state index in [1.165, 1.54) is 11.1 Å². The van der Waals surface area contributed by atoms with Gasteiger partial charge in [0.05, 0.1) is 0 Å². The van der Waals surface area contributed by atoms with Crippen LogP contribution in [0.4, 0.5) is 5.69 Å². The summed E-state index contributed by atoms with van der Waals surface area (Å²) < 4.78 is 0. The maximum absolute atomic E-state index is 12.3. The maximum Gasteiger partial charge on any atom is 0.224 e. The second kappa shape index (κ2) is 8.83. The maximum atomic E-state index is 12.3. The first-order chi connectivity index (χ1) is 10.0. The Morgan fingerprint density at radius 1 is 1.19 bits per heavy atom. The van der Waals surface area contributed by atoms with Gasteiger partial charge in [-0.2, -0.15) is 0 Å². The highest BCUT2D eigenvalue weighted by atomic mass is 16.1. The zero-order valence-corrected chi connectivity index (χ0v) is 13.9. The minimum Gasteiger partial charge on any atom is -0.330 e. The summed E-state index contributed by atoms with van der Waals surface area (Å²) in [6.07, 6.45) is 3.36. The molecule has 0 saturated carbocycles. The molecule has 3 N–H and O–H groups in total. The van der Waals surface area contributed by atoms with Gasteiger partial charge < -0.3 is 11.1 Å². The summed E-state index contributed by atoms with van der Waals surface area (Å²) >= 11 is 0. The molecule has 0 aromatic heterocycles. The summed E-state index contributed by atoms with van der Waals surface area (Å²) in [5, 5.41) is 3.12. The van der Waals surface area contributed by atoms with Crippen molar-refractivity contribution < 1.29 is 4.79 Å². The standard InChI is InChI=1S/C18H30N2O/c1-5-15-8-7-9-16(6-2)18(15)20-17(21)11-14(12-19)10-13(3)4/h7-9,13-14H,5-6,10-12,19H2,1-4H3,(H,20,21). The van der Waals surface area contributed by atoms with Crippen LogP contribution in [0.3, 0.4) is 0 Å². The first kappa shape index (κ1) is 17.7. The lowest BCUT2D eigenvalue weighted by Crippen LogP contribution is -2.24. The lowest BCUT2D eigenvalue weighted by atomic mass is 9.93. The van der Waals surface area contributed by atoms with E-state index in [0.29, 0.717) is 18.9 Å². The molecule has 1 atom stereocenters. The zero-order chi connectivity index (χ0) is 15.8. The van der Waals surface area contributed by atoms with Crippen molar-refractivity contribution in [3.05, 3.63) is 29.3 Å². The van der Waals surface area contributed by atoms with Crippen molar-refractivity contribution >= 4 is 11.6 Å². The number of anilines is 1. The number of para-hydroxylation sites is 1. The van der Waals surface area contributed by atoms with Crippen LogP contribution in [0, 0.1) is 11.8 Å². The predicted molar refractivity (Wildman–Crippen MR) is 90.4 cm³/mol. The van der Waals surface area contributed by atoms with Gasteiger partial charge in [-0.15, -0.1) is 0 Å². The average Bonchev–Trinajstić information content (AvgIpc) is 2.46. The number of amides is 1. The fraction of sp³-hybridized carbons (Fsp3) is 0.611. The van der Waals surface area contributed by atoms with Crippen molar-refractivity contribution in [3.63, 3.8) is 0 Å². The molecule has 0 saturated heterocycles. The Morgan fingerprint density at radius 2 is 1.76 bits per heavy atom. The quantitative estimate of drug-likeness (QED) is 0.766. The van der Waals surface area contributed by atoms with Gasteiger partial charge in [0.15, 0.2) is 0 Å². The third kappa shape index (κ3) is 5.50. The van der Waals surface area contributed by atoms with E-state index in [9.17, 15) is 4.79 Å². The molecule has 0 radical (unpaired) electrons. The third-order valence-corrected chi connectivity index (χ3v) is 3.88. The number of hydrogen-bond donors (Lipinski definition) is 2. The molecule has 0 heterocycles. The average molecular weight is 290 g/mol. The normalized spacial score (nSPS) is 12.5. The number of nitrogens with one attached hydrogen (secondary N) is 1. The van der Waals surface area contributed by atoms with Crippen LogP contribution in [0.1, 0.15) is 51.7 Å². The predicted octanol–water partition coefficient (Wildman–Crippen LogP) is 3.76. The molecule has 3 heteroatoms. The van der Waals surface area contributed by atoms with Crippen LogP contribution < -0.4 is 11.1 Å². The fourth-order valence-electron chi connectivity index (χ4n) is 2.79. The Hall–Kier alpha value is -1.35. The van der Waals surface area contributed by atoms with Crippen molar-refractivity contribution in [3.8, 4) is 0 Å². The summed E-state index contributed by atoms with van der Waals surface area (Å²) in [4.78, 5) is 12.3. The zero-order valence-electron chi connectivity index (χ0n) is 13.9. The summed E-state index contributed by atoms with van der Waals surface area (Å²) in [6.45, 7) is 9.14. The minimum atomic E-state index is 0.0849. The molecule has 3 nitrogen and oxygen atoms in total. The van der Waals surface area contributed by atoms with Crippen LogP contribution >= 0.6 is 0 Å². The number of carbonyl (C=O) groups is 1. The summed E-state index contributed by atoms with van der Waals surface area (Å²) in [5.41, 5.74) is 9.21. The van der Waals surface area contributed by atoms with E-state index in [0.717, 1.165) is 24.9 Å². The molecule has 1 aromatic rings. The van der Waals surface area contributed by atoms with Gasteiger partial charge in [-0.3, -0.25) is 4.79 Å². The van der Waals surface area contributed by atoms with Crippen molar-refractivity contribution in [2.24, 2.45) is 17.6 Å². The number of hydrogen-bond acceptors (Lipinski definition) is 2. The van der Waals surface area contributed by atoms with Crippen molar-refractivity contribution in [1.29, 1.82) is 0 Å². The van der Waals surface area contributed by atoms with Gasteiger partial charge in [0.1, 0.15) is 0 Å². The van der Waals surface area contributed by atoms with E-state index in [2.05, 4.69) is 51.2 Å². The van der Waals surface area contributed by atoms with Gasteiger partial charge in [-0.25, -0.2) is 0 Å². The van der Waals surface area contributed by atoms with Crippen LogP contribution in [0.15, 0.2) is 18.2 Å². The number of carbonyl (C=O) groups excluding carboxylic acids is 1. The van der Waals surface area contributed by atoms with E-state index < -0.39 is 0 Å². The van der Waals surface area contributed by atoms with Crippen molar-refractivity contribution in [1.82, 2.24) is 0 Å². The Balaban J connectivity index is 2.78. The summed E-state index contributed by atoms with van der Waals surface area (Å²) in [6, 6.07) is 6.24. The van der Waals surface area contributed by atoms with Gasteiger partial charge in [-0.05, 0) is 48.8 Å². The molecule has 1 aromatic carbocycles. The Kier molecular flexibility index (Phi) is 7.44. The van der Waals surface area contributed by atoms with Crippen LogP contribution in [0.5, 0.6) is 0 Å². The molecule has 0 fully saturated rings. The molecule has 1 amide bonds. The van der Waals surface area contributed by atoms with E-state index >= 15 is 0 Å². The van der Waals surface area contributed by atoms with Gasteiger partial charge in [0.2, 0.25) is 5.91 Å². The third-order valence-electron chi connectivity index (χ3n) is 3.88. The van der Waals surface area contributed by atoms with Crippen LogP contribution in [0.25, 0.3) is 0 Å². The first-order valence-electron chi connectivity index (χ1n) is 8.12. The van der Waals surface area contributed by atoms with Gasteiger partial charge in [0.25, 0.3) is 0 Å². The van der Waals surface area contributed by atoms with Gasteiger partial charge in [-0.1, -0.05) is 45.9 Å². The Bertz CT molecular complexity index is 432. The second-order valence-electron chi connectivity index (χ2n) is 6.14. The molecule has 1 unspecified atom stereocenters. The molecule has 0 aliphatic rings. The smallest absolute Gasteiger partial charge is 0.224 e. The summed E-state index contributed by atoms with van der Waals surface area (Å²) in [5.74, 6) is 0.922. The molecule has 0 aliphatic heterocycles. The SMILES string of the molecule is CCc1cccc(CC)c1NC(=O)CC(CN)CC(C)C. The lowest BCUT2D eigenvalue weighted by Gasteiger charge is -2.19. The monoisotopic (exact) mass is 290 g/mol. The molecule has 21 heavy (non-hydrogen) atoms.